The number of nitrogens with zero attached hydrogens (tertiary/aromatic N) is 4. The smallest absolute Gasteiger partial charge is 0.227 e. The monoisotopic (exact) mass is 774 g/mol. The Morgan fingerprint density at radius 2 is 0.966 bits per heavy atom. The van der Waals surface area contributed by atoms with Gasteiger partial charge in [-0.3, -0.25) is 0 Å². The molecule has 0 N–H and O–H groups in total. The molecular weight excluding hydrogens is 745 g/mol. The van der Waals surface area contributed by atoms with E-state index < -0.39 is 0 Å². The van der Waals surface area contributed by atoms with E-state index >= 15 is 0 Å². The van der Waals surface area contributed by atoms with Gasteiger partial charge in [0.2, 0.25) is 5.89 Å². The van der Waals surface area contributed by atoms with Crippen molar-refractivity contribution in [3.05, 3.63) is 182 Å². The Morgan fingerprint density at radius 3 is 1.81 bits per heavy atom. The number of hydrogen-bond acceptors (Lipinski definition) is 7. The molecule has 0 amide bonds. The molecule has 276 valence electrons. The lowest BCUT2D eigenvalue weighted by Crippen LogP contribution is -2.00. The van der Waals surface area contributed by atoms with E-state index in [0.717, 1.165) is 72.0 Å². The second-order valence-corrected chi connectivity index (χ2v) is 15.7. The van der Waals surface area contributed by atoms with E-state index in [-0.39, 0.29) is 0 Å². The van der Waals surface area contributed by atoms with Crippen molar-refractivity contribution in [1.29, 1.82) is 0 Å². The number of thiophene rings is 1. The van der Waals surface area contributed by atoms with Crippen LogP contribution in [0.15, 0.2) is 191 Å². The summed E-state index contributed by atoms with van der Waals surface area (Å²) in [6.07, 6.45) is 0. The number of hydrogen-bond donors (Lipinski definition) is 0. The highest BCUT2D eigenvalue weighted by Crippen LogP contribution is 2.42. The van der Waals surface area contributed by atoms with Crippen LogP contribution >= 0.6 is 11.3 Å². The van der Waals surface area contributed by atoms with Crippen molar-refractivity contribution in [2.75, 3.05) is 0 Å². The van der Waals surface area contributed by atoms with Crippen molar-refractivity contribution in [2.24, 2.45) is 0 Å². The molecule has 0 atom stereocenters. The number of aromatic nitrogens is 4. The van der Waals surface area contributed by atoms with E-state index in [1.807, 2.05) is 90.2 Å². The predicted molar refractivity (Wildman–Crippen MR) is 240 cm³/mol. The fourth-order valence-corrected chi connectivity index (χ4v) is 9.27. The molecule has 0 spiro atoms. The highest BCUT2D eigenvalue weighted by atomic mass is 32.1. The molecule has 59 heavy (non-hydrogen) atoms. The molecule has 8 aromatic carbocycles. The zero-order chi connectivity index (χ0) is 38.9. The molecule has 0 aliphatic heterocycles. The van der Waals surface area contributed by atoms with Gasteiger partial charge in [0.15, 0.2) is 23.1 Å². The van der Waals surface area contributed by atoms with Gasteiger partial charge in [0.05, 0.1) is 0 Å². The minimum Gasteiger partial charge on any atom is -0.456 e. The third-order valence-electron chi connectivity index (χ3n) is 11.0. The highest BCUT2D eigenvalue weighted by Gasteiger charge is 2.17. The molecule has 0 saturated heterocycles. The predicted octanol–water partition coefficient (Wildman–Crippen LogP) is 14.3. The van der Waals surface area contributed by atoms with Crippen LogP contribution in [-0.4, -0.2) is 19.9 Å². The summed E-state index contributed by atoms with van der Waals surface area (Å²) in [5.41, 5.74) is 11.5. The van der Waals surface area contributed by atoms with Crippen LogP contribution in [0.5, 0.6) is 0 Å². The van der Waals surface area contributed by atoms with Gasteiger partial charge in [-0.25, -0.2) is 19.9 Å². The maximum Gasteiger partial charge on any atom is 0.227 e. The van der Waals surface area contributed by atoms with Crippen molar-refractivity contribution in [1.82, 2.24) is 19.9 Å². The van der Waals surface area contributed by atoms with Gasteiger partial charge in [-0.2, -0.15) is 0 Å². The molecule has 12 rings (SSSR count). The standard InChI is InChI=1S/C52H30N4O2S/c1-2-10-32(11-3-1)49-54-50(56-51(55-49)37-24-26-40-39-14-4-6-18-44(39)57-46(40)30-37)36-13-8-12-35(28-36)38-15-9-16-41-42-29-34(25-27-47(42)59-48(38)41)31-20-22-33(23-21-31)52-53-43-17-5-7-19-45(43)58-52/h1-30H. The number of benzene rings is 8. The Balaban J connectivity index is 0.919. The van der Waals surface area contributed by atoms with Gasteiger partial charge in [0, 0.05) is 53.2 Å². The van der Waals surface area contributed by atoms with E-state index in [2.05, 4.69) is 108 Å². The Kier molecular flexibility index (Phi) is 7.61. The van der Waals surface area contributed by atoms with E-state index in [9.17, 15) is 0 Å². The van der Waals surface area contributed by atoms with Crippen LogP contribution < -0.4 is 0 Å². The average molecular weight is 775 g/mol. The quantitative estimate of drug-likeness (QED) is 0.167. The zero-order valence-electron chi connectivity index (χ0n) is 31.3. The Morgan fingerprint density at radius 1 is 0.339 bits per heavy atom. The van der Waals surface area contributed by atoms with E-state index in [1.165, 1.54) is 25.7 Å². The number of oxazole rings is 1. The topological polar surface area (TPSA) is 77.8 Å². The fourth-order valence-electron chi connectivity index (χ4n) is 8.05. The van der Waals surface area contributed by atoms with E-state index in [1.54, 1.807) is 0 Å². The van der Waals surface area contributed by atoms with Crippen LogP contribution in [0.25, 0.3) is 121 Å². The molecule has 0 aliphatic carbocycles. The second kappa shape index (κ2) is 13.4. The summed E-state index contributed by atoms with van der Waals surface area (Å²) in [7, 11) is 0. The molecule has 0 bridgehead atoms. The van der Waals surface area contributed by atoms with E-state index in [0.29, 0.717) is 23.4 Å². The first-order chi connectivity index (χ1) is 29.2. The van der Waals surface area contributed by atoms with Gasteiger partial charge < -0.3 is 8.83 Å². The third kappa shape index (κ3) is 5.78. The average Bonchev–Trinajstić information content (AvgIpc) is 4.02. The van der Waals surface area contributed by atoms with Gasteiger partial charge in [0.1, 0.15) is 16.7 Å². The van der Waals surface area contributed by atoms with Crippen molar-refractivity contribution in [3.8, 4) is 67.9 Å². The first-order valence-electron chi connectivity index (χ1n) is 19.4. The van der Waals surface area contributed by atoms with Crippen molar-refractivity contribution < 1.29 is 8.83 Å². The molecule has 0 radical (unpaired) electrons. The Hall–Kier alpha value is -7.74. The molecule has 7 heteroatoms. The van der Waals surface area contributed by atoms with Crippen molar-refractivity contribution in [3.63, 3.8) is 0 Å². The lowest BCUT2D eigenvalue weighted by molar-refractivity contribution is 0.620. The maximum absolute atomic E-state index is 6.25. The normalized spacial score (nSPS) is 11.7. The first kappa shape index (κ1) is 33.4. The molecule has 0 saturated carbocycles. The summed E-state index contributed by atoms with van der Waals surface area (Å²) < 4.78 is 14.8. The van der Waals surface area contributed by atoms with Crippen LogP contribution in [0.2, 0.25) is 0 Å². The minimum atomic E-state index is 0.588. The summed E-state index contributed by atoms with van der Waals surface area (Å²) in [5, 5.41) is 4.62. The number of para-hydroxylation sites is 3. The minimum absolute atomic E-state index is 0.588. The Bertz CT molecular complexity index is 3530. The maximum atomic E-state index is 6.25. The molecule has 0 fully saturated rings. The molecule has 0 unspecified atom stereocenters. The Labute approximate surface area is 341 Å². The molecular formula is C52H30N4O2S. The van der Waals surface area contributed by atoms with Crippen LogP contribution in [0.4, 0.5) is 0 Å². The van der Waals surface area contributed by atoms with E-state index in [4.69, 9.17) is 23.8 Å². The van der Waals surface area contributed by atoms with Crippen molar-refractivity contribution >= 4 is 64.5 Å². The molecule has 4 heterocycles. The van der Waals surface area contributed by atoms with Crippen LogP contribution in [-0.2, 0) is 0 Å². The number of rotatable bonds is 6. The summed E-state index contributed by atoms with van der Waals surface area (Å²) in [4.78, 5) is 19.8. The summed E-state index contributed by atoms with van der Waals surface area (Å²) in [6, 6.07) is 62.5. The van der Waals surface area contributed by atoms with Gasteiger partial charge in [-0.05, 0) is 82.9 Å². The van der Waals surface area contributed by atoms with Gasteiger partial charge in [-0.15, -0.1) is 11.3 Å². The largest absolute Gasteiger partial charge is 0.456 e. The summed E-state index contributed by atoms with van der Waals surface area (Å²) in [5.74, 6) is 2.44. The van der Waals surface area contributed by atoms with Gasteiger partial charge in [0.25, 0.3) is 0 Å². The number of furan rings is 1. The fraction of sp³-hybridized carbons (Fsp3) is 0. The molecule has 0 aliphatic rings. The number of fused-ring (bicyclic) bond motifs is 7. The zero-order valence-corrected chi connectivity index (χ0v) is 32.2. The molecule has 12 aromatic rings. The lowest BCUT2D eigenvalue weighted by Gasteiger charge is -2.10. The van der Waals surface area contributed by atoms with Gasteiger partial charge in [-0.1, -0.05) is 121 Å². The third-order valence-corrected chi connectivity index (χ3v) is 12.2. The first-order valence-corrected chi connectivity index (χ1v) is 20.3. The molecule has 6 nitrogen and oxygen atoms in total. The summed E-state index contributed by atoms with van der Waals surface area (Å²) >= 11 is 1.82. The van der Waals surface area contributed by atoms with Crippen LogP contribution in [0.1, 0.15) is 0 Å². The second-order valence-electron chi connectivity index (χ2n) is 14.6. The van der Waals surface area contributed by atoms with Crippen LogP contribution in [0.3, 0.4) is 0 Å². The van der Waals surface area contributed by atoms with Crippen molar-refractivity contribution in [2.45, 2.75) is 0 Å². The SMILES string of the molecule is c1ccc(-c2nc(-c3cccc(-c4cccc5c4sc4ccc(-c6ccc(-c7nc8ccccc8o7)cc6)cc45)c3)nc(-c3ccc4c(c3)oc3ccccc34)n2)cc1. The lowest BCUT2D eigenvalue weighted by atomic mass is 9.98. The summed E-state index contributed by atoms with van der Waals surface area (Å²) in [6.45, 7) is 0. The van der Waals surface area contributed by atoms with Crippen LogP contribution in [0, 0.1) is 0 Å². The van der Waals surface area contributed by atoms with Gasteiger partial charge >= 0.3 is 0 Å². The molecule has 4 aromatic heterocycles. The highest BCUT2D eigenvalue weighted by molar-refractivity contribution is 7.26.